The average molecular weight is 380 g/mol. The normalized spacial score (nSPS) is 11.9. The molecule has 0 radical (unpaired) electrons. The molecule has 2 nitrogen and oxygen atoms in total. The van der Waals surface area contributed by atoms with Crippen molar-refractivity contribution in [2.24, 2.45) is 0 Å². The van der Waals surface area contributed by atoms with Gasteiger partial charge in [-0.25, -0.2) is 0 Å². The van der Waals surface area contributed by atoms with Gasteiger partial charge in [0.2, 0.25) is 0 Å². The Morgan fingerprint density at radius 2 is 1.67 bits per heavy atom. The first-order chi connectivity index (χ1) is 11.6. The minimum absolute atomic E-state index is 0.192. The summed E-state index contributed by atoms with van der Waals surface area (Å²) in [5.41, 5.74) is 4.21. The Balaban J connectivity index is 2.00. The van der Waals surface area contributed by atoms with Crippen LogP contribution in [-0.2, 0) is 11.2 Å². The Kier molecular flexibility index (Phi) is 5.21. The van der Waals surface area contributed by atoms with Crippen molar-refractivity contribution in [1.82, 2.24) is 4.98 Å². The van der Waals surface area contributed by atoms with Gasteiger partial charge in [-0.3, -0.25) is 9.78 Å². The molecule has 0 aliphatic rings. The highest BCUT2D eigenvalue weighted by molar-refractivity contribution is 9.10. The number of Topliss-reactive ketones (excluding diaryl/α,β-unsaturated/α-hetero) is 1. The van der Waals surface area contributed by atoms with Gasteiger partial charge in [0.15, 0.2) is 0 Å². The van der Waals surface area contributed by atoms with Crippen molar-refractivity contribution < 1.29 is 4.79 Å². The van der Waals surface area contributed by atoms with E-state index in [0.29, 0.717) is 6.42 Å². The molecule has 0 saturated heterocycles. The predicted octanol–water partition coefficient (Wildman–Crippen LogP) is 5.10. The van der Waals surface area contributed by atoms with Crippen LogP contribution in [-0.4, -0.2) is 10.8 Å². The van der Waals surface area contributed by atoms with Gasteiger partial charge in [-0.2, -0.15) is 0 Å². The number of pyridine rings is 1. The monoisotopic (exact) mass is 379 g/mol. The molecule has 1 atom stereocenters. The van der Waals surface area contributed by atoms with E-state index in [-0.39, 0.29) is 11.7 Å². The number of carbonyl (C=O) groups excluding carboxylic acids is 1. The van der Waals surface area contributed by atoms with Gasteiger partial charge >= 0.3 is 0 Å². The fourth-order valence-electron chi connectivity index (χ4n) is 2.91. The molecular weight excluding hydrogens is 362 g/mol. The first-order valence-corrected chi connectivity index (χ1v) is 8.67. The minimum atomic E-state index is -0.257. The smallest absolute Gasteiger partial charge is 0.149 e. The maximum atomic E-state index is 13.1. The van der Waals surface area contributed by atoms with Crippen LogP contribution >= 0.6 is 15.9 Å². The molecule has 0 aliphatic heterocycles. The lowest BCUT2D eigenvalue weighted by Crippen LogP contribution is -2.17. The number of aryl methyl sites for hydroxylation is 1. The van der Waals surface area contributed by atoms with Gasteiger partial charge < -0.3 is 0 Å². The Morgan fingerprint density at radius 3 is 2.33 bits per heavy atom. The van der Waals surface area contributed by atoms with Gasteiger partial charge in [0.1, 0.15) is 5.78 Å². The van der Waals surface area contributed by atoms with Crippen LogP contribution in [0.25, 0.3) is 0 Å². The maximum absolute atomic E-state index is 13.1. The summed E-state index contributed by atoms with van der Waals surface area (Å²) < 4.78 is 1.01. The Labute approximate surface area is 150 Å². The Bertz CT molecular complexity index is 828. The van der Waals surface area contributed by atoms with Crippen LogP contribution in [0.15, 0.2) is 77.5 Å². The fraction of sp³-hybridized carbons (Fsp3) is 0.143. The van der Waals surface area contributed by atoms with Crippen LogP contribution in [0, 0.1) is 6.92 Å². The zero-order valence-corrected chi connectivity index (χ0v) is 15.0. The zero-order chi connectivity index (χ0) is 16.9. The summed E-state index contributed by atoms with van der Waals surface area (Å²) in [6, 6.07) is 19.9. The molecule has 3 heteroatoms. The summed E-state index contributed by atoms with van der Waals surface area (Å²) in [4.78, 5) is 17.1. The van der Waals surface area contributed by atoms with Crippen LogP contribution < -0.4 is 0 Å². The lowest BCUT2D eigenvalue weighted by molar-refractivity contribution is -0.119. The van der Waals surface area contributed by atoms with Crippen molar-refractivity contribution in [2.45, 2.75) is 19.3 Å². The molecule has 3 rings (SSSR count). The molecule has 3 aromatic rings. The molecule has 0 spiro atoms. The summed E-state index contributed by atoms with van der Waals surface area (Å²) in [6.45, 7) is 2.06. The highest BCUT2D eigenvalue weighted by Gasteiger charge is 2.24. The Morgan fingerprint density at radius 1 is 1.00 bits per heavy atom. The molecular formula is C21H18BrNO. The van der Waals surface area contributed by atoms with Crippen molar-refractivity contribution >= 4 is 21.7 Å². The second-order valence-corrected chi connectivity index (χ2v) is 6.76. The van der Waals surface area contributed by atoms with E-state index in [4.69, 9.17) is 0 Å². The average Bonchev–Trinajstić information content (AvgIpc) is 2.59. The van der Waals surface area contributed by atoms with E-state index in [0.717, 1.165) is 26.7 Å². The summed E-state index contributed by atoms with van der Waals surface area (Å²) >= 11 is 3.46. The topological polar surface area (TPSA) is 30.0 Å². The molecule has 0 aliphatic carbocycles. The predicted molar refractivity (Wildman–Crippen MR) is 100 cm³/mol. The summed E-state index contributed by atoms with van der Waals surface area (Å²) in [6.07, 6.45) is 3.85. The van der Waals surface area contributed by atoms with E-state index >= 15 is 0 Å². The third kappa shape index (κ3) is 3.80. The zero-order valence-electron chi connectivity index (χ0n) is 13.4. The molecule has 0 saturated carbocycles. The highest BCUT2D eigenvalue weighted by Crippen LogP contribution is 2.30. The third-order valence-corrected chi connectivity index (χ3v) is 4.68. The van der Waals surface area contributed by atoms with Crippen molar-refractivity contribution in [3.05, 3.63) is 99.8 Å². The largest absolute Gasteiger partial charge is 0.298 e. The molecule has 24 heavy (non-hydrogen) atoms. The molecule has 1 aromatic heterocycles. The maximum Gasteiger partial charge on any atom is 0.149 e. The third-order valence-electron chi connectivity index (χ3n) is 4.15. The fourth-order valence-corrected chi connectivity index (χ4v) is 3.17. The van der Waals surface area contributed by atoms with E-state index < -0.39 is 0 Å². The van der Waals surface area contributed by atoms with Gasteiger partial charge in [0, 0.05) is 23.3 Å². The van der Waals surface area contributed by atoms with E-state index in [1.807, 2.05) is 54.6 Å². The van der Waals surface area contributed by atoms with Crippen LogP contribution in [0.1, 0.15) is 28.2 Å². The van der Waals surface area contributed by atoms with Gasteiger partial charge in [-0.1, -0.05) is 52.3 Å². The van der Waals surface area contributed by atoms with Crippen molar-refractivity contribution in [3.63, 3.8) is 0 Å². The second-order valence-electron chi connectivity index (χ2n) is 5.84. The number of rotatable bonds is 5. The van der Waals surface area contributed by atoms with Gasteiger partial charge in [0.25, 0.3) is 0 Å². The number of hydrogen-bond acceptors (Lipinski definition) is 2. The quantitative estimate of drug-likeness (QED) is 0.617. The SMILES string of the molecule is Cc1ccccc1C(C(=O)Cc1ccncc1)c1ccc(Br)cc1. The molecule has 1 unspecified atom stereocenters. The van der Waals surface area contributed by atoms with Crippen LogP contribution in [0.3, 0.4) is 0 Å². The van der Waals surface area contributed by atoms with Crippen LogP contribution in [0.2, 0.25) is 0 Å². The first-order valence-electron chi connectivity index (χ1n) is 7.88. The standard InChI is InChI=1S/C21H18BrNO/c1-15-4-2-3-5-19(15)21(17-6-8-18(22)9-7-17)20(24)14-16-10-12-23-13-11-16/h2-13,21H,14H2,1H3. The molecule has 1 heterocycles. The summed E-state index contributed by atoms with van der Waals surface area (Å²) in [5.74, 6) is -0.0645. The number of aromatic nitrogens is 1. The molecule has 0 fully saturated rings. The molecule has 0 N–H and O–H groups in total. The van der Waals surface area contributed by atoms with Gasteiger partial charge in [0.05, 0.1) is 5.92 Å². The number of carbonyl (C=O) groups is 1. The van der Waals surface area contributed by atoms with Crippen molar-refractivity contribution in [2.75, 3.05) is 0 Å². The van der Waals surface area contributed by atoms with Gasteiger partial charge in [-0.15, -0.1) is 0 Å². The Hall–Kier alpha value is -2.26. The minimum Gasteiger partial charge on any atom is -0.298 e. The van der Waals surface area contributed by atoms with Crippen molar-refractivity contribution in [3.8, 4) is 0 Å². The van der Waals surface area contributed by atoms with E-state index in [1.54, 1.807) is 12.4 Å². The number of hydrogen-bond donors (Lipinski definition) is 0. The lowest BCUT2D eigenvalue weighted by atomic mass is 9.83. The van der Waals surface area contributed by atoms with Crippen molar-refractivity contribution in [1.29, 1.82) is 0 Å². The van der Waals surface area contributed by atoms with E-state index in [2.05, 4.69) is 33.9 Å². The first kappa shape index (κ1) is 16.6. The van der Waals surface area contributed by atoms with E-state index in [9.17, 15) is 4.79 Å². The molecule has 0 bridgehead atoms. The highest BCUT2D eigenvalue weighted by atomic mass is 79.9. The molecule has 2 aromatic carbocycles. The number of ketones is 1. The summed E-state index contributed by atoms with van der Waals surface area (Å²) in [7, 11) is 0. The van der Waals surface area contributed by atoms with E-state index in [1.165, 1.54) is 0 Å². The molecule has 120 valence electrons. The van der Waals surface area contributed by atoms with Crippen LogP contribution in [0.5, 0.6) is 0 Å². The van der Waals surface area contributed by atoms with Crippen LogP contribution in [0.4, 0.5) is 0 Å². The number of benzene rings is 2. The number of halogens is 1. The lowest BCUT2D eigenvalue weighted by Gasteiger charge is -2.19. The number of nitrogens with zero attached hydrogens (tertiary/aromatic N) is 1. The molecule has 0 amide bonds. The van der Waals surface area contributed by atoms with Gasteiger partial charge in [-0.05, 0) is 53.4 Å². The summed E-state index contributed by atoms with van der Waals surface area (Å²) in [5, 5.41) is 0. The second kappa shape index (κ2) is 7.54.